The second-order valence-electron chi connectivity index (χ2n) is 4.46. The summed E-state index contributed by atoms with van der Waals surface area (Å²) in [5.41, 5.74) is 1.35. The van der Waals surface area contributed by atoms with Crippen molar-refractivity contribution in [3.63, 3.8) is 0 Å². The number of carbonyl (C=O) groups is 1. The van der Waals surface area contributed by atoms with Gasteiger partial charge in [0.25, 0.3) is 0 Å². The van der Waals surface area contributed by atoms with Crippen molar-refractivity contribution >= 4 is 23.4 Å². The topological polar surface area (TPSA) is 29.5 Å². The first-order chi connectivity index (χ1) is 9.65. The molecule has 1 unspecified atom stereocenters. The molecule has 3 rings (SSSR count). The number of fused-ring (bicyclic) bond motifs is 1. The second-order valence-corrected chi connectivity index (χ2v) is 4.90. The minimum atomic E-state index is -1.40. The number of hydrogen-bond acceptors (Lipinski definition) is 2. The predicted molar refractivity (Wildman–Crippen MR) is 75.0 cm³/mol. The molecule has 2 aromatic rings. The standard InChI is InChI=1S/C15H11ClFNO2/c16-11-5-7-12(8-6-11)20-15(19)18-13-4-2-1-3-10(13)9-14(18)17/h1-8,14H,9H2. The van der Waals surface area contributed by atoms with Crippen LogP contribution in [0.15, 0.2) is 48.5 Å². The number of anilines is 1. The van der Waals surface area contributed by atoms with E-state index in [-0.39, 0.29) is 6.42 Å². The molecule has 1 aliphatic rings. The monoisotopic (exact) mass is 291 g/mol. The average molecular weight is 292 g/mol. The molecule has 2 aromatic carbocycles. The van der Waals surface area contributed by atoms with Crippen LogP contribution in [0.4, 0.5) is 14.9 Å². The SMILES string of the molecule is O=C(Oc1ccc(Cl)cc1)N1c2ccccc2CC1F. The molecule has 0 bridgehead atoms. The van der Waals surface area contributed by atoms with Crippen LogP contribution in [-0.4, -0.2) is 12.4 Å². The number of nitrogens with zero attached hydrogens (tertiary/aromatic N) is 1. The van der Waals surface area contributed by atoms with Gasteiger partial charge in [-0.25, -0.2) is 14.1 Å². The van der Waals surface area contributed by atoms with Crippen LogP contribution in [0.25, 0.3) is 0 Å². The van der Waals surface area contributed by atoms with Crippen LogP contribution < -0.4 is 9.64 Å². The highest BCUT2D eigenvalue weighted by atomic mass is 35.5. The molecule has 3 nitrogen and oxygen atoms in total. The lowest BCUT2D eigenvalue weighted by atomic mass is 10.2. The van der Waals surface area contributed by atoms with E-state index in [1.165, 1.54) is 0 Å². The molecule has 5 heteroatoms. The van der Waals surface area contributed by atoms with Gasteiger partial charge >= 0.3 is 6.09 Å². The maximum Gasteiger partial charge on any atom is 0.422 e. The van der Waals surface area contributed by atoms with Crippen molar-refractivity contribution in [1.82, 2.24) is 0 Å². The molecule has 1 aliphatic heterocycles. The van der Waals surface area contributed by atoms with Crippen molar-refractivity contribution in [3.05, 3.63) is 59.1 Å². The second kappa shape index (κ2) is 5.13. The first-order valence-corrected chi connectivity index (χ1v) is 6.51. The Balaban J connectivity index is 1.82. The van der Waals surface area contributed by atoms with Gasteiger partial charge in [0, 0.05) is 11.4 Å². The molecule has 0 fully saturated rings. The van der Waals surface area contributed by atoms with E-state index in [1.807, 2.05) is 6.07 Å². The van der Waals surface area contributed by atoms with Crippen LogP contribution >= 0.6 is 11.6 Å². The predicted octanol–water partition coefficient (Wildman–Crippen LogP) is 4.20. The Morgan fingerprint density at radius 2 is 1.90 bits per heavy atom. The van der Waals surface area contributed by atoms with Gasteiger partial charge in [-0.1, -0.05) is 29.8 Å². The van der Waals surface area contributed by atoms with Gasteiger partial charge in [0.1, 0.15) is 5.75 Å². The van der Waals surface area contributed by atoms with Crippen LogP contribution in [0, 0.1) is 0 Å². The molecule has 20 heavy (non-hydrogen) atoms. The maximum atomic E-state index is 14.0. The van der Waals surface area contributed by atoms with Gasteiger partial charge in [-0.3, -0.25) is 0 Å². The molecular weight excluding hydrogens is 281 g/mol. The van der Waals surface area contributed by atoms with E-state index < -0.39 is 12.4 Å². The Hall–Kier alpha value is -2.07. The van der Waals surface area contributed by atoms with E-state index in [2.05, 4.69) is 0 Å². The zero-order valence-corrected chi connectivity index (χ0v) is 11.2. The summed E-state index contributed by atoms with van der Waals surface area (Å²) in [4.78, 5) is 13.1. The van der Waals surface area contributed by atoms with Gasteiger partial charge in [-0.15, -0.1) is 0 Å². The minimum Gasteiger partial charge on any atom is -0.410 e. The number of rotatable bonds is 1. The minimum absolute atomic E-state index is 0.186. The number of benzene rings is 2. The quantitative estimate of drug-likeness (QED) is 0.737. The molecule has 0 aliphatic carbocycles. The highest BCUT2D eigenvalue weighted by Gasteiger charge is 2.34. The van der Waals surface area contributed by atoms with E-state index in [4.69, 9.17) is 16.3 Å². The summed E-state index contributed by atoms with van der Waals surface area (Å²) in [7, 11) is 0. The van der Waals surface area contributed by atoms with Gasteiger partial charge in [0.15, 0.2) is 6.30 Å². The van der Waals surface area contributed by atoms with Crippen molar-refractivity contribution in [1.29, 1.82) is 0 Å². The van der Waals surface area contributed by atoms with Crippen molar-refractivity contribution in [2.24, 2.45) is 0 Å². The van der Waals surface area contributed by atoms with Crippen LogP contribution in [0.1, 0.15) is 5.56 Å². The summed E-state index contributed by atoms with van der Waals surface area (Å²) < 4.78 is 19.2. The maximum absolute atomic E-state index is 14.0. The van der Waals surface area contributed by atoms with Crippen molar-refractivity contribution in [2.45, 2.75) is 12.7 Å². The summed E-state index contributed by atoms with van der Waals surface area (Å²) in [5.74, 6) is 0.330. The molecule has 0 saturated heterocycles. The Bertz CT molecular complexity index is 645. The molecule has 0 saturated carbocycles. The molecule has 1 atom stereocenters. The van der Waals surface area contributed by atoms with E-state index in [1.54, 1.807) is 42.5 Å². The van der Waals surface area contributed by atoms with Gasteiger partial charge in [-0.2, -0.15) is 0 Å². The number of carbonyl (C=O) groups excluding carboxylic acids is 1. The zero-order valence-electron chi connectivity index (χ0n) is 10.4. The number of para-hydroxylation sites is 1. The lowest BCUT2D eigenvalue weighted by Gasteiger charge is -2.19. The third-order valence-electron chi connectivity index (χ3n) is 3.14. The van der Waals surface area contributed by atoms with Crippen molar-refractivity contribution in [3.8, 4) is 5.75 Å². The molecule has 0 radical (unpaired) electrons. The van der Waals surface area contributed by atoms with Gasteiger partial charge in [-0.05, 0) is 35.9 Å². The molecule has 0 N–H and O–H groups in total. The van der Waals surface area contributed by atoms with Crippen LogP contribution in [0.5, 0.6) is 5.75 Å². The largest absolute Gasteiger partial charge is 0.422 e. The third kappa shape index (κ3) is 2.34. The summed E-state index contributed by atoms with van der Waals surface area (Å²) in [6.07, 6.45) is -1.94. The molecule has 0 aromatic heterocycles. The Kier molecular flexibility index (Phi) is 3.32. The third-order valence-corrected chi connectivity index (χ3v) is 3.39. The summed E-state index contributed by atoms with van der Waals surface area (Å²) in [5, 5.41) is 0.541. The Morgan fingerprint density at radius 1 is 1.20 bits per heavy atom. The van der Waals surface area contributed by atoms with Crippen LogP contribution in [-0.2, 0) is 6.42 Å². The average Bonchev–Trinajstić information content (AvgIpc) is 2.77. The fourth-order valence-electron chi connectivity index (χ4n) is 2.21. The first-order valence-electron chi connectivity index (χ1n) is 6.14. The number of amides is 1. The fraction of sp³-hybridized carbons (Fsp3) is 0.133. The van der Waals surface area contributed by atoms with E-state index in [0.717, 1.165) is 10.5 Å². The number of hydrogen-bond donors (Lipinski definition) is 0. The van der Waals surface area contributed by atoms with Gasteiger partial charge in [0.05, 0.1) is 5.69 Å². The Morgan fingerprint density at radius 3 is 2.65 bits per heavy atom. The number of ether oxygens (including phenoxy) is 1. The zero-order chi connectivity index (χ0) is 14.1. The Labute approximate surface area is 120 Å². The molecule has 1 heterocycles. The normalized spacial score (nSPS) is 16.9. The highest BCUT2D eigenvalue weighted by molar-refractivity contribution is 6.30. The van der Waals surface area contributed by atoms with Gasteiger partial charge < -0.3 is 4.74 Å². The summed E-state index contributed by atoms with van der Waals surface area (Å²) in [6.45, 7) is 0. The lowest BCUT2D eigenvalue weighted by molar-refractivity contribution is 0.196. The summed E-state index contributed by atoms with van der Waals surface area (Å²) in [6, 6.07) is 13.4. The number of alkyl halides is 1. The van der Waals surface area contributed by atoms with Crippen LogP contribution in [0.3, 0.4) is 0 Å². The molecule has 102 valence electrons. The smallest absolute Gasteiger partial charge is 0.410 e. The summed E-state index contributed by atoms with van der Waals surface area (Å²) >= 11 is 5.75. The molecule has 0 spiro atoms. The van der Waals surface area contributed by atoms with Crippen molar-refractivity contribution in [2.75, 3.05) is 4.90 Å². The lowest BCUT2D eigenvalue weighted by Crippen LogP contribution is -2.37. The van der Waals surface area contributed by atoms with Gasteiger partial charge in [0.2, 0.25) is 0 Å². The van der Waals surface area contributed by atoms with Crippen LogP contribution in [0.2, 0.25) is 5.02 Å². The van der Waals surface area contributed by atoms with E-state index in [9.17, 15) is 9.18 Å². The van der Waals surface area contributed by atoms with E-state index in [0.29, 0.717) is 16.5 Å². The highest BCUT2D eigenvalue weighted by Crippen LogP contribution is 2.33. The number of halogens is 2. The first kappa shape index (κ1) is 12.9. The fourth-order valence-corrected chi connectivity index (χ4v) is 2.33. The molecular formula is C15H11ClFNO2. The van der Waals surface area contributed by atoms with E-state index >= 15 is 0 Å². The molecule has 1 amide bonds. The van der Waals surface area contributed by atoms with Crippen molar-refractivity contribution < 1.29 is 13.9 Å².